The summed E-state index contributed by atoms with van der Waals surface area (Å²) in [7, 11) is 0. The van der Waals surface area contributed by atoms with Crippen LogP contribution in [0.25, 0.3) is 0 Å². The smallest absolute Gasteiger partial charge is 0.142 e. The number of rotatable bonds is 3. The highest BCUT2D eigenvalue weighted by Crippen LogP contribution is 2.16. The van der Waals surface area contributed by atoms with Gasteiger partial charge in [0.25, 0.3) is 0 Å². The van der Waals surface area contributed by atoms with E-state index in [-0.39, 0.29) is 5.92 Å². The van der Waals surface area contributed by atoms with Crippen molar-refractivity contribution in [2.24, 2.45) is 5.92 Å². The van der Waals surface area contributed by atoms with Gasteiger partial charge in [-0.2, -0.15) is 0 Å². The molecule has 0 bridgehead atoms. The van der Waals surface area contributed by atoms with Gasteiger partial charge >= 0.3 is 0 Å². The number of benzene rings is 1. The quantitative estimate of drug-likeness (QED) is 0.754. The van der Waals surface area contributed by atoms with Crippen molar-refractivity contribution in [3.05, 3.63) is 35.9 Å². The summed E-state index contributed by atoms with van der Waals surface area (Å²) < 4.78 is 5.32. The number of hydrogen-bond acceptors (Lipinski definition) is 2. The molecular formula is C13H16O2. The van der Waals surface area contributed by atoms with Crippen molar-refractivity contribution in [2.45, 2.75) is 19.3 Å². The Balaban J connectivity index is 1.91. The average molecular weight is 204 g/mol. The number of ketones is 1. The number of hydrogen-bond donors (Lipinski definition) is 0. The SMILES string of the molecule is O=C(Cc1ccccc1)[C@@H]1CCCOC1. The lowest BCUT2D eigenvalue weighted by Crippen LogP contribution is -2.26. The lowest BCUT2D eigenvalue weighted by molar-refractivity contribution is -0.126. The monoisotopic (exact) mass is 204 g/mol. The molecule has 2 rings (SSSR count). The molecule has 1 atom stereocenters. The molecule has 0 radical (unpaired) electrons. The molecule has 2 nitrogen and oxygen atoms in total. The minimum atomic E-state index is 0.124. The topological polar surface area (TPSA) is 26.3 Å². The normalized spacial score (nSPS) is 21.2. The molecule has 1 heterocycles. The molecule has 1 saturated heterocycles. The zero-order valence-corrected chi connectivity index (χ0v) is 8.82. The maximum absolute atomic E-state index is 11.9. The minimum absolute atomic E-state index is 0.124. The van der Waals surface area contributed by atoms with Crippen LogP contribution in [0.15, 0.2) is 30.3 Å². The van der Waals surface area contributed by atoms with Crippen molar-refractivity contribution in [1.29, 1.82) is 0 Å². The summed E-state index contributed by atoms with van der Waals surface area (Å²) in [6.45, 7) is 1.43. The van der Waals surface area contributed by atoms with Crippen LogP contribution in [0.3, 0.4) is 0 Å². The minimum Gasteiger partial charge on any atom is -0.381 e. The second kappa shape index (κ2) is 5.08. The Morgan fingerprint density at radius 3 is 2.80 bits per heavy atom. The van der Waals surface area contributed by atoms with Gasteiger partial charge in [-0.3, -0.25) is 4.79 Å². The predicted molar refractivity (Wildman–Crippen MR) is 58.7 cm³/mol. The molecule has 0 N–H and O–H groups in total. The van der Waals surface area contributed by atoms with Crippen LogP contribution in [-0.4, -0.2) is 19.0 Å². The van der Waals surface area contributed by atoms with Crippen LogP contribution in [0.4, 0.5) is 0 Å². The molecule has 0 aliphatic carbocycles. The van der Waals surface area contributed by atoms with Gasteiger partial charge < -0.3 is 4.74 Å². The van der Waals surface area contributed by atoms with Gasteiger partial charge in [-0.15, -0.1) is 0 Å². The van der Waals surface area contributed by atoms with Crippen molar-refractivity contribution in [1.82, 2.24) is 0 Å². The average Bonchev–Trinajstić information content (AvgIpc) is 2.31. The highest BCUT2D eigenvalue weighted by atomic mass is 16.5. The molecule has 0 aromatic heterocycles. The molecule has 1 fully saturated rings. The van der Waals surface area contributed by atoms with Crippen LogP contribution >= 0.6 is 0 Å². The predicted octanol–water partition coefficient (Wildman–Crippen LogP) is 2.22. The Bertz CT molecular complexity index is 313. The molecule has 1 aliphatic rings. The van der Waals surface area contributed by atoms with Gasteiger partial charge in [0.2, 0.25) is 0 Å². The molecule has 1 aliphatic heterocycles. The van der Waals surface area contributed by atoms with E-state index < -0.39 is 0 Å². The molecule has 1 aromatic carbocycles. The highest BCUT2D eigenvalue weighted by Gasteiger charge is 2.21. The van der Waals surface area contributed by atoms with E-state index in [1.165, 1.54) is 0 Å². The third kappa shape index (κ3) is 2.90. The second-order valence-corrected chi connectivity index (χ2v) is 4.04. The highest BCUT2D eigenvalue weighted by molar-refractivity contribution is 5.83. The molecule has 0 amide bonds. The summed E-state index contributed by atoms with van der Waals surface area (Å²) in [5, 5.41) is 0. The summed E-state index contributed by atoms with van der Waals surface area (Å²) in [5.74, 6) is 0.444. The zero-order valence-electron chi connectivity index (χ0n) is 8.82. The number of carbonyl (C=O) groups excluding carboxylic acids is 1. The van der Waals surface area contributed by atoms with E-state index in [1.807, 2.05) is 30.3 Å². The Morgan fingerprint density at radius 2 is 2.13 bits per heavy atom. The largest absolute Gasteiger partial charge is 0.381 e. The summed E-state index contributed by atoms with van der Waals surface area (Å²) in [6, 6.07) is 9.92. The number of Topliss-reactive ketones (excluding diaryl/α,β-unsaturated/α-hetero) is 1. The first kappa shape index (κ1) is 10.4. The fourth-order valence-corrected chi connectivity index (χ4v) is 1.94. The first-order valence-corrected chi connectivity index (χ1v) is 5.50. The standard InChI is InChI=1S/C13H16O2/c14-13(12-7-4-8-15-10-12)9-11-5-2-1-3-6-11/h1-3,5-6,12H,4,7-10H2/t12-/m1/s1. The van der Waals surface area contributed by atoms with Crippen LogP contribution in [-0.2, 0) is 16.0 Å². The third-order valence-electron chi connectivity index (χ3n) is 2.84. The molecular weight excluding hydrogens is 188 g/mol. The van der Waals surface area contributed by atoms with Gasteiger partial charge in [0, 0.05) is 18.9 Å². The summed E-state index contributed by atoms with van der Waals surface area (Å²) in [5.41, 5.74) is 1.10. The fourth-order valence-electron chi connectivity index (χ4n) is 1.94. The first-order chi connectivity index (χ1) is 7.36. The van der Waals surface area contributed by atoms with Crippen molar-refractivity contribution < 1.29 is 9.53 Å². The van der Waals surface area contributed by atoms with E-state index in [2.05, 4.69) is 0 Å². The fraction of sp³-hybridized carbons (Fsp3) is 0.462. The number of carbonyl (C=O) groups is 1. The van der Waals surface area contributed by atoms with E-state index in [0.29, 0.717) is 18.8 Å². The molecule has 15 heavy (non-hydrogen) atoms. The lowest BCUT2D eigenvalue weighted by Gasteiger charge is -2.20. The second-order valence-electron chi connectivity index (χ2n) is 4.04. The number of ether oxygens (including phenoxy) is 1. The summed E-state index contributed by atoms with van der Waals surface area (Å²) in [4.78, 5) is 11.9. The zero-order chi connectivity index (χ0) is 10.5. The van der Waals surface area contributed by atoms with Gasteiger partial charge in [-0.1, -0.05) is 30.3 Å². The molecule has 1 aromatic rings. The van der Waals surface area contributed by atoms with E-state index in [4.69, 9.17) is 4.74 Å². The first-order valence-electron chi connectivity index (χ1n) is 5.50. The van der Waals surface area contributed by atoms with Gasteiger partial charge in [-0.25, -0.2) is 0 Å². The molecule has 0 unspecified atom stereocenters. The Hall–Kier alpha value is -1.15. The van der Waals surface area contributed by atoms with Crippen LogP contribution in [0.5, 0.6) is 0 Å². The maximum Gasteiger partial charge on any atom is 0.142 e. The van der Waals surface area contributed by atoms with E-state index in [0.717, 1.165) is 25.0 Å². The van der Waals surface area contributed by atoms with E-state index in [9.17, 15) is 4.79 Å². The van der Waals surface area contributed by atoms with Crippen molar-refractivity contribution in [3.8, 4) is 0 Å². The van der Waals surface area contributed by atoms with Gasteiger partial charge in [0.15, 0.2) is 0 Å². The van der Waals surface area contributed by atoms with Crippen LogP contribution in [0, 0.1) is 5.92 Å². The van der Waals surface area contributed by atoms with Gasteiger partial charge in [0.1, 0.15) is 5.78 Å². The molecule has 2 heteroatoms. The van der Waals surface area contributed by atoms with Crippen LogP contribution in [0.1, 0.15) is 18.4 Å². The molecule has 0 spiro atoms. The van der Waals surface area contributed by atoms with Gasteiger partial charge in [-0.05, 0) is 18.4 Å². The summed E-state index contributed by atoms with van der Waals surface area (Å²) >= 11 is 0. The maximum atomic E-state index is 11.9. The third-order valence-corrected chi connectivity index (χ3v) is 2.84. The van der Waals surface area contributed by atoms with Crippen molar-refractivity contribution in [2.75, 3.05) is 13.2 Å². The van der Waals surface area contributed by atoms with Gasteiger partial charge in [0.05, 0.1) is 6.61 Å². The Kier molecular flexibility index (Phi) is 3.51. The van der Waals surface area contributed by atoms with E-state index >= 15 is 0 Å². The molecule has 80 valence electrons. The van der Waals surface area contributed by atoms with E-state index in [1.54, 1.807) is 0 Å². The van der Waals surface area contributed by atoms with Crippen LogP contribution in [0.2, 0.25) is 0 Å². The summed E-state index contributed by atoms with van der Waals surface area (Å²) in [6.07, 6.45) is 2.56. The Morgan fingerprint density at radius 1 is 1.33 bits per heavy atom. The van der Waals surface area contributed by atoms with Crippen molar-refractivity contribution >= 4 is 5.78 Å². The van der Waals surface area contributed by atoms with Crippen LogP contribution < -0.4 is 0 Å². The lowest BCUT2D eigenvalue weighted by atomic mass is 9.93. The Labute approximate surface area is 90.3 Å². The van der Waals surface area contributed by atoms with Crippen molar-refractivity contribution in [3.63, 3.8) is 0 Å². The molecule has 0 saturated carbocycles.